The van der Waals surface area contributed by atoms with Crippen molar-refractivity contribution in [2.24, 2.45) is 0 Å². The number of carbonyl (C=O) groups is 1. The van der Waals surface area contributed by atoms with E-state index in [4.69, 9.17) is 7.48 Å². The molecule has 0 aliphatic carbocycles. The van der Waals surface area contributed by atoms with Crippen LogP contribution in [0.25, 0.3) is 22.0 Å². The summed E-state index contributed by atoms with van der Waals surface area (Å²) in [6.07, 6.45) is -4.22. The second kappa shape index (κ2) is 16.7. The standard InChI is InChI=1S/C41H40F5N3O3S/c1-27(28-10-12-29(13-11-28)30-14-16-32(17-15-30)41(44,45)46)49(33-18-20-47(21-19-33)22-23-52-2)38(51)25-48-36-9-4-3-7-34(36)37(50)24-39(48)53-26-31-6-5-8-35(42)40(31)43/h3-17,24,27,33H,18-23,25-26H2,1-2H3/i22D2,25D2,27D. The van der Waals surface area contributed by atoms with Crippen molar-refractivity contribution in [3.8, 4) is 11.1 Å². The molecule has 1 atom stereocenters. The monoisotopic (exact) mass is 754 g/mol. The third-order valence-corrected chi connectivity index (χ3v) is 10.2. The molecule has 6 rings (SSSR count). The van der Waals surface area contributed by atoms with Gasteiger partial charge in [0.15, 0.2) is 17.1 Å². The van der Waals surface area contributed by atoms with E-state index in [1.54, 1.807) is 41.3 Å². The predicted octanol–water partition coefficient (Wildman–Crippen LogP) is 8.96. The summed E-state index contributed by atoms with van der Waals surface area (Å²) in [6, 6.07) is 18.9. The first-order valence-electron chi connectivity index (χ1n) is 19.3. The minimum Gasteiger partial charge on any atom is -0.383 e. The number of rotatable bonds is 12. The lowest BCUT2D eigenvalue weighted by molar-refractivity contribution is -0.138. The molecule has 1 aliphatic heterocycles. The minimum atomic E-state index is -4.51. The second-order valence-corrected chi connectivity index (χ2v) is 13.5. The molecule has 1 aromatic heterocycles. The van der Waals surface area contributed by atoms with Crippen LogP contribution in [0, 0.1) is 11.6 Å². The molecule has 1 amide bonds. The van der Waals surface area contributed by atoms with Crippen molar-refractivity contribution in [1.82, 2.24) is 14.4 Å². The zero-order valence-corrected chi connectivity index (χ0v) is 29.7. The number of piperidine rings is 1. The Labute approximate surface area is 316 Å². The number of halogens is 5. The fourth-order valence-electron chi connectivity index (χ4n) is 6.36. The van der Waals surface area contributed by atoms with Gasteiger partial charge in [0.25, 0.3) is 0 Å². The van der Waals surface area contributed by atoms with Crippen molar-refractivity contribution in [3.05, 3.63) is 136 Å². The highest BCUT2D eigenvalue weighted by molar-refractivity contribution is 7.98. The molecule has 4 aromatic carbocycles. The van der Waals surface area contributed by atoms with E-state index in [-0.39, 0.29) is 65.3 Å². The van der Waals surface area contributed by atoms with Gasteiger partial charge in [0.05, 0.1) is 32.8 Å². The molecule has 1 aliphatic rings. The number of thioether (sulfide) groups is 1. The van der Waals surface area contributed by atoms with Crippen LogP contribution in [-0.2, 0) is 28.0 Å². The van der Waals surface area contributed by atoms with Crippen LogP contribution < -0.4 is 5.43 Å². The molecule has 53 heavy (non-hydrogen) atoms. The highest BCUT2D eigenvalue weighted by Gasteiger charge is 2.33. The summed E-state index contributed by atoms with van der Waals surface area (Å²) in [5.41, 5.74) is -0.0482. The van der Waals surface area contributed by atoms with E-state index in [0.717, 1.165) is 45.5 Å². The van der Waals surface area contributed by atoms with E-state index in [0.29, 0.717) is 11.1 Å². The molecule has 0 radical (unpaired) electrons. The molecule has 6 nitrogen and oxygen atoms in total. The third-order valence-electron chi connectivity index (χ3n) is 9.19. The number of ether oxygens (including phenoxy) is 1. The van der Waals surface area contributed by atoms with Crippen LogP contribution in [0.3, 0.4) is 0 Å². The van der Waals surface area contributed by atoms with Gasteiger partial charge in [-0.1, -0.05) is 60.7 Å². The Balaban J connectivity index is 1.42. The van der Waals surface area contributed by atoms with E-state index in [9.17, 15) is 30.9 Å². The first-order valence-corrected chi connectivity index (χ1v) is 17.8. The average Bonchev–Trinajstić information content (AvgIpc) is 3.18. The maximum absolute atomic E-state index is 15.1. The number of amides is 1. The van der Waals surface area contributed by atoms with Crippen molar-refractivity contribution in [2.45, 2.75) is 55.3 Å². The summed E-state index contributed by atoms with van der Waals surface area (Å²) >= 11 is 0.833. The predicted molar refractivity (Wildman–Crippen MR) is 198 cm³/mol. The maximum atomic E-state index is 15.1. The fraction of sp³-hybridized carbons (Fsp3) is 0.317. The van der Waals surface area contributed by atoms with Gasteiger partial charge in [-0.3, -0.25) is 9.59 Å². The average molecular weight is 755 g/mol. The lowest BCUT2D eigenvalue weighted by atomic mass is 9.96. The van der Waals surface area contributed by atoms with E-state index >= 15 is 4.79 Å². The van der Waals surface area contributed by atoms with Gasteiger partial charge in [0.1, 0.15) is 6.50 Å². The van der Waals surface area contributed by atoms with Crippen LogP contribution in [-0.4, -0.2) is 59.6 Å². The van der Waals surface area contributed by atoms with Crippen LogP contribution in [0.1, 0.15) is 49.3 Å². The number of para-hydroxylation sites is 1. The van der Waals surface area contributed by atoms with Gasteiger partial charge in [-0.25, -0.2) is 8.78 Å². The number of nitrogens with zero attached hydrogens (tertiary/aromatic N) is 3. The van der Waals surface area contributed by atoms with Crippen LogP contribution in [0.4, 0.5) is 22.0 Å². The van der Waals surface area contributed by atoms with Crippen LogP contribution >= 0.6 is 11.8 Å². The van der Waals surface area contributed by atoms with Crippen molar-refractivity contribution in [1.29, 1.82) is 0 Å². The Morgan fingerprint density at radius 3 is 2.30 bits per heavy atom. The van der Waals surface area contributed by atoms with Gasteiger partial charge in [-0.2, -0.15) is 13.2 Å². The molecule has 2 heterocycles. The van der Waals surface area contributed by atoms with Crippen LogP contribution in [0.2, 0.25) is 0 Å². The van der Waals surface area contributed by atoms with Gasteiger partial charge in [0.2, 0.25) is 5.91 Å². The Kier molecular flexibility index (Phi) is 10.0. The molecule has 0 spiro atoms. The quantitative estimate of drug-likeness (QED) is 0.0941. The van der Waals surface area contributed by atoms with Gasteiger partial charge in [-0.15, -0.1) is 11.8 Å². The van der Waals surface area contributed by atoms with E-state index < -0.39 is 59.8 Å². The molecule has 0 N–H and O–H groups in total. The summed E-state index contributed by atoms with van der Waals surface area (Å²) in [4.78, 5) is 31.2. The van der Waals surface area contributed by atoms with Crippen LogP contribution in [0.5, 0.6) is 0 Å². The van der Waals surface area contributed by atoms with Gasteiger partial charge >= 0.3 is 6.18 Å². The first-order chi connectivity index (χ1) is 27.3. The number of aromatic nitrogens is 1. The normalized spacial score (nSPS) is 17.3. The SMILES string of the molecule is [2H]C([2H])(COC)N1CCC(N(C(=O)C([2H])([2H])n2c(SCc3cccc(F)c3F)cc(=O)c3ccccc32)C([2H])(C)c2ccc(-c3ccc(C(F)(F)F)cc3)cc2)CC1. The molecular formula is C41H40F5N3O3S. The lowest BCUT2D eigenvalue weighted by Gasteiger charge is -2.42. The lowest BCUT2D eigenvalue weighted by Crippen LogP contribution is -2.49. The number of alkyl halides is 3. The molecule has 1 unspecified atom stereocenters. The summed E-state index contributed by atoms with van der Waals surface area (Å²) in [6.45, 7) is -3.36. The molecule has 1 saturated heterocycles. The van der Waals surface area contributed by atoms with Crippen molar-refractivity contribution >= 4 is 28.6 Å². The Bertz CT molecular complexity index is 2340. The molecule has 278 valence electrons. The molecular weight excluding hydrogens is 710 g/mol. The first kappa shape index (κ1) is 32.0. The summed E-state index contributed by atoms with van der Waals surface area (Å²) in [7, 11) is 1.38. The molecule has 0 saturated carbocycles. The number of fused-ring (bicyclic) bond motifs is 1. The van der Waals surface area contributed by atoms with Gasteiger partial charge in [0, 0.05) is 58.2 Å². The summed E-state index contributed by atoms with van der Waals surface area (Å²) < 4.78 is 120. The highest BCUT2D eigenvalue weighted by atomic mass is 32.2. The third kappa shape index (κ3) is 8.83. The zero-order chi connectivity index (χ0) is 42.2. The summed E-state index contributed by atoms with van der Waals surface area (Å²) in [5, 5.41) is 0.0361. The van der Waals surface area contributed by atoms with Crippen molar-refractivity contribution in [3.63, 3.8) is 0 Å². The van der Waals surface area contributed by atoms with Crippen molar-refractivity contribution in [2.75, 3.05) is 33.3 Å². The van der Waals surface area contributed by atoms with E-state index in [1.165, 1.54) is 50.4 Å². The number of methoxy groups -OCH3 is 1. The topological polar surface area (TPSA) is 54.8 Å². The Morgan fingerprint density at radius 2 is 1.64 bits per heavy atom. The van der Waals surface area contributed by atoms with E-state index in [2.05, 4.69) is 0 Å². The molecule has 12 heteroatoms. The molecule has 1 fully saturated rings. The Hall–Kier alpha value is -4.52. The van der Waals surface area contributed by atoms with Gasteiger partial charge < -0.3 is 19.1 Å². The number of likely N-dealkylation sites (tertiary alicyclic amines) is 1. The minimum absolute atomic E-state index is 0.0469. The zero-order valence-electron chi connectivity index (χ0n) is 33.9. The number of carbonyl (C=O) groups excluding carboxylic acids is 1. The highest BCUT2D eigenvalue weighted by Crippen LogP contribution is 2.34. The Morgan fingerprint density at radius 1 is 0.981 bits per heavy atom. The number of hydrogen-bond acceptors (Lipinski definition) is 5. The maximum Gasteiger partial charge on any atom is 0.416 e. The van der Waals surface area contributed by atoms with Crippen LogP contribution in [0.15, 0.2) is 107 Å². The smallest absolute Gasteiger partial charge is 0.383 e. The number of benzene rings is 4. The molecule has 0 bridgehead atoms. The largest absolute Gasteiger partial charge is 0.416 e. The number of hydrogen-bond donors (Lipinski definition) is 0. The summed E-state index contributed by atoms with van der Waals surface area (Å²) in [5.74, 6) is -3.56. The number of pyridine rings is 1. The fourth-order valence-corrected chi connectivity index (χ4v) is 7.35. The second-order valence-electron chi connectivity index (χ2n) is 12.5. The van der Waals surface area contributed by atoms with E-state index in [1.807, 2.05) is 0 Å². The molecule has 5 aromatic rings. The van der Waals surface area contributed by atoms with Gasteiger partial charge in [-0.05, 0) is 66.8 Å². The van der Waals surface area contributed by atoms with Crippen molar-refractivity contribution < 1.29 is 38.3 Å².